The second kappa shape index (κ2) is 5.06. The van der Waals surface area contributed by atoms with E-state index in [1.807, 2.05) is 49.5 Å². The minimum Gasteiger partial charge on any atom is -0.328 e. The molecule has 1 aromatic heterocycles. The number of hydrogen-bond acceptors (Lipinski definition) is 3. The molecule has 0 fully saturated rings. The third-order valence-electron chi connectivity index (χ3n) is 3.04. The lowest BCUT2D eigenvalue weighted by atomic mass is 10.1. The van der Waals surface area contributed by atoms with Crippen molar-refractivity contribution in [1.82, 2.24) is 4.98 Å². The Labute approximate surface area is 112 Å². The van der Waals surface area contributed by atoms with E-state index in [1.54, 1.807) is 0 Å². The average molecular weight is 249 g/mol. The van der Waals surface area contributed by atoms with E-state index in [0.29, 0.717) is 0 Å². The van der Waals surface area contributed by atoms with Gasteiger partial charge in [0.2, 0.25) is 0 Å². The SMILES string of the molecule is Cc1cccc(NC2=NC=C(c3ccccc3)C2)n1. The maximum absolute atomic E-state index is 4.42. The molecule has 0 saturated carbocycles. The molecular formula is C16H15N3. The molecule has 0 spiro atoms. The third kappa shape index (κ3) is 2.71. The maximum atomic E-state index is 4.42. The van der Waals surface area contributed by atoms with Crippen LogP contribution in [-0.2, 0) is 0 Å². The minimum atomic E-state index is 0.819. The number of aryl methyl sites for hydroxylation is 1. The summed E-state index contributed by atoms with van der Waals surface area (Å²) in [7, 11) is 0. The van der Waals surface area contributed by atoms with E-state index < -0.39 is 0 Å². The minimum absolute atomic E-state index is 0.819. The number of aliphatic imine (C=N–C) groups is 1. The van der Waals surface area contributed by atoms with Crippen LogP contribution in [0, 0.1) is 6.92 Å². The molecule has 1 N–H and O–H groups in total. The van der Waals surface area contributed by atoms with Crippen molar-refractivity contribution in [2.24, 2.45) is 4.99 Å². The Balaban J connectivity index is 1.68. The van der Waals surface area contributed by atoms with Gasteiger partial charge in [0, 0.05) is 18.3 Å². The van der Waals surface area contributed by atoms with Crippen molar-refractivity contribution >= 4 is 17.2 Å². The van der Waals surface area contributed by atoms with Crippen LogP contribution in [0.25, 0.3) is 5.57 Å². The van der Waals surface area contributed by atoms with Crippen molar-refractivity contribution in [3.63, 3.8) is 0 Å². The Kier molecular flexibility index (Phi) is 3.11. The van der Waals surface area contributed by atoms with Gasteiger partial charge in [-0.05, 0) is 30.2 Å². The summed E-state index contributed by atoms with van der Waals surface area (Å²) in [5, 5.41) is 3.27. The van der Waals surface area contributed by atoms with Crippen molar-refractivity contribution in [2.45, 2.75) is 13.3 Å². The zero-order chi connectivity index (χ0) is 13.1. The molecule has 3 heteroatoms. The predicted molar refractivity (Wildman–Crippen MR) is 79.1 cm³/mol. The summed E-state index contributed by atoms with van der Waals surface area (Å²) < 4.78 is 0. The zero-order valence-corrected chi connectivity index (χ0v) is 10.8. The summed E-state index contributed by atoms with van der Waals surface area (Å²) in [6.07, 6.45) is 2.74. The van der Waals surface area contributed by atoms with Gasteiger partial charge in [-0.25, -0.2) is 9.98 Å². The molecule has 0 amide bonds. The molecule has 1 aliphatic rings. The Bertz CT molecular complexity index is 642. The summed E-state index contributed by atoms with van der Waals surface area (Å²) in [6, 6.07) is 16.3. The Morgan fingerprint density at radius 2 is 1.84 bits per heavy atom. The smallest absolute Gasteiger partial charge is 0.131 e. The standard InChI is InChI=1S/C16H15N3/c1-12-6-5-9-15(18-12)19-16-10-14(11-17-16)13-7-3-2-4-8-13/h2-9,11H,10H2,1H3,(H,17,18,19). The first-order chi connectivity index (χ1) is 9.31. The van der Waals surface area contributed by atoms with Crippen LogP contribution in [0.15, 0.2) is 59.7 Å². The van der Waals surface area contributed by atoms with Gasteiger partial charge in [-0.2, -0.15) is 0 Å². The van der Waals surface area contributed by atoms with Gasteiger partial charge in [-0.1, -0.05) is 36.4 Å². The first kappa shape index (κ1) is 11.7. The zero-order valence-electron chi connectivity index (χ0n) is 10.8. The Hall–Kier alpha value is -2.42. The first-order valence-corrected chi connectivity index (χ1v) is 6.33. The lowest BCUT2D eigenvalue weighted by Gasteiger charge is -2.07. The monoisotopic (exact) mass is 249 g/mol. The number of benzene rings is 1. The molecule has 3 rings (SSSR count). The van der Waals surface area contributed by atoms with Gasteiger partial charge in [-0.3, -0.25) is 0 Å². The van der Waals surface area contributed by atoms with Crippen LogP contribution < -0.4 is 5.32 Å². The molecule has 19 heavy (non-hydrogen) atoms. The summed E-state index contributed by atoms with van der Waals surface area (Å²) >= 11 is 0. The molecule has 1 aromatic carbocycles. The van der Waals surface area contributed by atoms with E-state index in [2.05, 4.69) is 27.4 Å². The Morgan fingerprint density at radius 3 is 2.63 bits per heavy atom. The molecule has 3 nitrogen and oxygen atoms in total. The number of hydrogen-bond donors (Lipinski definition) is 1. The van der Waals surface area contributed by atoms with Gasteiger partial charge in [0.1, 0.15) is 11.7 Å². The molecule has 0 aliphatic carbocycles. The summed E-state index contributed by atoms with van der Waals surface area (Å²) in [5.74, 6) is 1.79. The quantitative estimate of drug-likeness (QED) is 0.882. The lowest BCUT2D eigenvalue weighted by molar-refractivity contribution is 1.20. The van der Waals surface area contributed by atoms with Crippen molar-refractivity contribution in [3.05, 3.63) is 66.0 Å². The van der Waals surface area contributed by atoms with Crippen LogP contribution in [0.4, 0.5) is 5.82 Å². The van der Waals surface area contributed by atoms with Gasteiger partial charge >= 0.3 is 0 Å². The lowest BCUT2D eigenvalue weighted by Crippen LogP contribution is -2.11. The largest absolute Gasteiger partial charge is 0.328 e. The van der Waals surface area contributed by atoms with Gasteiger partial charge in [0.15, 0.2) is 0 Å². The number of anilines is 1. The summed E-state index contributed by atoms with van der Waals surface area (Å²) in [6.45, 7) is 1.98. The second-order valence-corrected chi connectivity index (χ2v) is 4.56. The molecule has 1 aliphatic heterocycles. The number of pyridine rings is 1. The highest BCUT2D eigenvalue weighted by Crippen LogP contribution is 2.23. The second-order valence-electron chi connectivity index (χ2n) is 4.56. The molecular weight excluding hydrogens is 234 g/mol. The van der Waals surface area contributed by atoms with E-state index in [1.165, 1.54) is 11.1 Å². The normalized spacial score (nSPS) is 13.9. The molecule has 94 valence electrons. The number of nitrogens with one attached hydrogen (secondary N) is 1. The highest BCUT2D eigenvalue weighted by molar-refractivity contribution is 6.04. The van der Waals surface area contributed by atoms with E-state index >= 15 is 0 Å². The van der Waals surface area contributed by atoms with E-state index in [0.717, 1.165) is 23.8 Å². The van der Waals surface area contributed by atoms with Gasteiger partial charge in [0.25, 0.3) is 0 Å². The van der Waals surface area contributed by atoms with Crippen molar-refractivity contribution < 1.29 is 0 Å². The molecule has 2 heterocycles. The van der Waals surface area contributed by atoms with Gasteiger partial charge in [0.05, 0.1) is 0 Å². The fourth-order valence-electron chi connectivity index (χ4n) is 2.09. The van der Waals surface area contributed by atoms with Crippen LogP contribution in [0.2, 0.25) is 0 Å². The fourth-order valence-corrected chi connectivity index (χ4v) is 2.09. The number of amidine groups is 1. The molecule has 0 saturated heterocycles. The highest BCUT2D eigenvalue weighted by Gasteiger charge is 2.12. The molecule has 0 bridgehead atoms. The fraction of sp³-hybridized carbons (Fsp3) is 0.125. The van der Waals surface area contributed by atoms with Crippen LogP contribution in [0.1, 0.15) is 17.7 Å². The topological polar surface area (TPSA) is 37.3 Å². The third-order valence-corrected chi connectivity index (χ3v) is 3.04. The molecule has 0 atom stereocenters. The van der Waals surface area contributed by atoms with Crippen LogP contribution in [0.5, 0.6) is 0 Å². The molecule has 0 radical (unpaired) electrons. The van der Waals surface area contributed by atoms with Crippen molar-refractivity contribution in [3.8, 4) is 0 Å². The first-order valence-electron chi connectivity index (χ1n) is 6.33. The number of nitrogens with zero attached hydrogens (tertiary/aromatic N) is 2. The van der Waals surface area contributed by atoms with Crippen molar-refractivity contribution in [2.75, 3.05) is 5.32 Å². The Morgan fingerprint density at radius 1 is 1.00 bits per heavy atom. The van der Waals surface area contributed by atoms with Gasteiger partial charge < -0.3 is 5.32 Å². The highest BCUT2D eigenvalue weighted by atomic mass is 15.1. The van der Waals surface area contributed by atoms with Crippen LogP contribution in [0.3, 0.4) is 0 Å². The van der Waals surface area contributed by atoms with Crippen LogP contribution in [-0.4, -0.2) is 10.8 Å². The molecule has 2 aromatic rings. The number of aromatic nitrogens is 1. The molecule has 0 unspecified atom stereocenters. The van der Waals surface area contributed by atoms with Gasteiger partial charge in [-0.15, -0.1) is 0 Å². The average Bonchev–Trinajstić information content (AvgIpc) is 2.88. The predicted octanol–water partition coefficient (Wildman–Crippen LogP) is 3.65. The number of rotatable bonds is 2. The van der Waals surface area contributed by atoms with Crippen molar-refractivity contribution in [1.29, 1.82) is 0 Å². The summed E-state index contributed by atoms with van der Waals surface area (Å²) in [4.78, 5) is 8.84. The van der Waals surface area contributed by atoms with Crippen LogP contribution >= 0.6 is 0 Å². The maximum Gasteiger partial charge on any atom is 0.131 e. The van der Waals surface area contributed by atoms with E-state index in [9.17, 15) is 0 Å². The van der Waals surface area contributed by atoms with E-state index in [-0.39, 0.29) is 0 Å². The van der Waals surface area contributed by atoms with E-state index in [4.69, 9.17) is 0 Å². The summed E-state index contributed by atoms with van der Waals surface area (Å²) in [5.41, 5.74) is 3.45.